The number of ether oxygens (including phenoxy) is 1. The van der Waals surface area contributed by atoms with Gasteiger partial charge in [0.2, 0.25) is 0 Å². The van der Waals surface area contributed by atoms with Crippen molar-refractivity contribution in [1.82, 2.24) is 0 Å². The standard InChI is InChI=1S/C40H38O3S/c1-5-30(26-44-37-20-21-38(29(4)24-37)43-25-39(41)42)40(33-16-12-31(13-17-33)35-10-6-8-27(2)22-35)34-18-14-32(15-19-34)36-11-7-9-28(3)23-36/h6-24H,5,25-26H2,1-4H3,(H,41,42). The molecular weight excluding hydrogens is 561 g/mol. The zero-order valence-electron chi connectivity index (χ0n) is 25.8. The Bertz CT molecular complexity index is 1690. The lowest BCUT2D eigenvalue weighted by Gasteiger charge is -2.17. The van der Waals surface area contributed by atoms with E-state index in [-0.39, 0.29) is 6.61 Å². The van der Waals surface area contributed by atoms with Gasteiger partial charge in [0, 0.05) is 10.6 Å². The molecule has 0 saturated heterocycles. The highest BCUT2D eigenvalue weighted by Crippen LogP contribution is 2.35. The number of rotatable bonds is 11. The lowest BCUT2D eigenvalue weighted by molar-refractivity contribution is -0.139. The van der Waals surface area contributed by atoms with Gasteiger partial charge in [0.1, 0.15) is 5.75 Å². The summed E-state index contributed by atoms with van der Waals surface area (Å²) in [5, 5.41) is 8.97. The number of aliphatic carboxylic acids is 1. The highest BCUT2D eigenvalue weighted by molar-refractivity contribution is 7.99. The molecule has 0 fully saturated rings. The lowest BCUT2D eigenvalue weighted by atomic mass is 9.90. The second-order valence-corrected chi connectivity index (χ2v) is 12.2. The van der Waals surface area contributed by atoms with Crippen LogP contribution in [0.5, 0.6) is 5.75 Å². The predicted molar refractivity (Wildman–Crippen MR) is 185 cm³/mol. The summed E-state index contributed by atoms with van der Waals surface area (Å²) in [6.45, 7) is 8.09. The predicted octanol–water partition coefficient (Wildman–Crippen LogP) is 10.4. The van der Waals surface area contributed by atoms with E-state index in [2.05, 4.69) is 124 Å². The quantitative estimate of drug-likeness (QED) is 0.154. The molecule has 0 spiro atoms. The molecule has 5 rings (SSSR count). The highest BCUT2D eigenvalue weighted by Gasteiger charge is 2.14. The van der Waals surface area contributed by atoms with E-state index in [9.17, 15) is 4.79 Å². The number of benzene rings is 5. The number of aryl methyl sites for hydroxylation is 3. The third kappa shape index (κ3) is 7.69. The first-order valence-electron chi connectivity index (χ1n) is 15.0. The summed E-state index contributed by atoms with van der Waals surface area (Å²) in [7, 11) is 0. The Kier molecular flexibility index (Phi) is 10.0. The Morgan fingerprint density at radius 1 is 0.682 bits per heavy atom. The van der Waals surface area contributed by atoms with E-state index >= 15 is 0 Å². The summed E-state index contributed by atoms with van der Waals surface area (Å²) < 4.78 is 5.43. The summed E-state index contributed by atoms with van der Waals surface area (Å²) in [5.74, 6) is 0.456. The van der Waals surface area contributed by atoms with Crippen molar-refractivity contribution in [2.24, 2.45) is 0 Å². The lowest BCUT2D eigenvalue weighted by Crippen LogP contribution is -2.10. The molecule has 0 bridgehead atoms. The molecule has 0 heterocycles. The molecule has 5 aromatic carbocycles. The number of carboxylic acid groups (broad SMARTS) is 1. The molecule has 0 radical (unpaired) electrons. The molecule has 0 aliphatic carbocycles. The number of hydrogen-bond acceptors (Lipinski definition) is 3. The van der Waals surface area contributed by atoms with Gasteiger partial charge in [-0.3, -0.25) is 0 Å². The van der Waals surface area contributed by atoms with Crippen LogP contribution in [0.15, 0.2) is 126 Å². The van der Waals surface area contributed by atoms with Gasteiger partial charge in [0.15, 0.2) is 6.61 Å². The van der Waals surface area contributed by atoms with Crippen LogP contribution in [0.4, 0.5) is 0 Å². The largest absolute Gasteiger partial charge is 0.482 e. The van der Waals surface area contributed by atoms with E-state index < -0.39 is 5.97 Å². The van der Waals surface area contributed by atoms with E-state index in [1.54, 1.807) is 11.8 Å². The summed E-state index contributed by atoms with van der Waals surface area (Å²) >= 11 is 1.79. The molecule has 0 saturated carbocycles. The molecule has 0 aliphatic heterocycles. The van der Waals surface area contributed by atoms with Gasteiger partial charge in [-0.05, 0) is 89.9 Å². The third-order valence-corrected chi connectivity index (χ3v) is 8.82. The molecule has 0 amide bonds. The SMILES string of the molecule is CCC(CSc1ccc(OCC(=O)O)c(C)c1)=C(c1ccc(-c2cccc(C)c2)cc1)c1ccc(-c2cccc(C)c2)cc1. The van der Waals surface area contributed by atoms with Gasteiger partial charge >= 0.3 is 5.97 Å². The van der Waals surface area contributed by atoms with Crippen molar-refractivity contribution in [3.8, 4) is 28.0 Å². The molecule has 1 N–H and O–H groups in total. The second-order valence-electron chi connectivity index (χ2n) is 11.1. The Morgan fingerprint density at radius 2 is 1.23 bits per heavy atom. The molecule has 5 aromatic rings. The Hall–Kier alpha value is -4.54. The summed E-state index contributed by atoms with van der Waals surface area (Å²) in [5.41, 5.74) is 13.3. The molecule has 0 unspecified atom stereocenters. The van der Waals surface area contributed by atoms with Crippen molar-refractivity contribution >= 4 is 23.3 Å². The first-order chi connectivity index (χ1) is 21.3. The van der Waals surface area contributed by atoms with Crippen LogP contribution in [0.3, 0.4) is 0 Å². The Balaban J connectivity index is 1.49. The summed E-state index contributed by atoms with van der Waals surface area (Å²) in [6, 6.07) is 41.1. The van der Waals surface area contributed by atoms with Gasteiger partial charge in [0.05, 0.1) is 0 Å². The molecule has 4 heteroatoms. The van der Waals surface area contributed by atoms with Crippen LogP contribution in [-0.4, -0.2) is 23.4 Å². The van der Waals surface area contributed by atoms with E-state index in [4.69, 9.17) is 9.84 Å². The molecule has 222 valence electrons. The smallest absolute Gasteiger partial charge is 0.341 e. The zero-order chi connectivity index (χ0) is 31.1. The highest BCUT2D eigenvalue weighted by atomic mass is 32.2. The minimum Gasteiger partial charge on any atom is -0.482 e. The Morgan fingerprint density at radius 3 is 1.68 bits per heavy atom. The van der Waals surface area contributed by atoms with Crippen molar-refractivity contribution in [3.63, 3.8) is 0 Å². The molecule has 44 heavy (non-hydrogen) atoms. The Labute approximate surface area is 265 Å². The molecule has 0 atom stereocenters. The molecule has 0 aromatic heterocycles. The van der Waals surface area contributed by atoms with Gasteiger partial charge in [-0.25, -0.2) is 4.79 Å². The van der Waals surface area contributed by atoms with E-state index in [0.29, 0.717) is 5.75 Å². The van der Waals surface area contributed by atoms with Crippen LogP contribution < -0.4 is 4.74 Å². The minimum atomic E-state index is -0.980. The third-order valence-electron chi connectivity index (χ3n) is 7.74. The number of thioether (sulfide) groups is 1. The van der Waals surface area contributed by atoms with Crippen LogP contribution in [0.25, 0.3) is 27.8 Å². The summed E-state index contributed by atoms with van der Waals surface area (Å²) in [4.78, 5) is 12.1. The monoisotopic (exact) mass is 598 g/mol. The van der Waals surface area contributed by atoms with Gasteiger partial charge in [0.25, 0.3) is 0 Å². The van der Waals surface area contributed by atoms with E-state index in [1.807, 2.05) is 19.1 Å². The van der Waals surface area contributed by atoms with Crippen molar-refractivity contribution < 1.29 is 14.6 Å². The summed E-state index contributed by atoms with van der Waals surface area (Å²) in [6.07, 6.45) is 0.917. The number of carbonyl (C=O) groups is 1. The fourth-order valence-electron chi connectivity index (χ4n) is 5.42. The van der Waals surface area contributed by atoms with Crippen LogP contribution in [0.1, 0.15) is 41.2 Å². The molecular formula is C40H38O3S. The zero-order valence-corrected chi connectivity index (χ0v) is 26.6. The van der Waals surface area contributed by atoms with Gasteiger partial charge < -0.3 is 9.84 Å². The maximum Gasteiger partial charge on any atom is 0.341 e. The van der Waals surface area contributed by atoms with Crippen LogP contribution in [0, 0.1) is 20.8 Å². The normalized spacial score (nSPS) is 10.8. The van der Waals surface area contributed by atoms with Crippen LogP contribution in [0.2, 0.25) is 0 Å². The molecule has 3 nitrogen and oxygen atoms in total. The maximum absolute atomic E-state index is 10.9. The van der Waals surface area contributed by atoms with E-state index in [1.165, 1.54) is 55.7 Å². The maximum atomic E-state index is 10.9. The first-order valence-corrected chi connectivity index (χ1v) is 15.9. The molecule has 0 aliphatic rings. The van der Waals surface area contributed by atoms with Crippen molar-refractivity contribution in [2.45, 2.75) is 39.0 Å². The second kappa shape index (κ2) is 14.3. The fourth-order valence-corrected chi connectivity index (χ4v) is 6.53. The topological polar surface area (TPSA) is 46.5 Å². The van der Waals surface area contributed by atoms with Gasteiger partial charge in [-0.1, -0.05) is 121 Å². The van der Waals surface area contributed by atoms with Gasteiger partial charge in [-0.2, -0.15) is 0 Å². The average molecular weight is 599 g/mol. The van der Waals surface area contributed by atoms with E-state index in [0.717, 1.165) is 22.6 Å². The average Bonchev–Trinajstić information content (AvgIpc) is 3.03. The number of hydrogen-bond donors (Lipinski definition) is 1. The minimum absolute atomic E-state index is 0.343. The van der Waals surface area contributed by atoms with Crippen molar-refractivity contribution in [3.05, 3.63) is 149 Å². The van der Waals surface area contributed by atoms with Crippen molar-refractivity contribution in [2.75, 3.05) is 12.4 Å². The van der Waals surface area contributed by atoms with Crippen molar-refractivity contribution in [1.29, 1.82) is 0 Å². The number of carboxylic acids is 1. The fraction of sp³-hybridized carbons (Fsp3) is 0.175. The van der Waals surface area contributed by atoms with Crippen LogP contribution >= 0.6 is 11.8 Å². The van der Waals surface area contributed by atoms with Crippen LogP contribution in [-0.2, 0) is 4.79 Å². The van der Waals surface area contributed by atoms with Gasteiger partial charge in [-0.15, -0.1) is 11.8 Å². The first kappa shape index (κ1) is 30.9.